The van der Waals surface area contributed by atoms with Crippen LogP contribution in [0.15, 0.2) is 0 Å². The van der Waals surface area contributed by atoms with Crippen molar-refractivity contribution in [2.24, 2.45) is 23.7 Å². The van der Waals surface area contributed by atoms with Crippen molar-refractivity contribution in [1.82, 2.24) is 0 Å². The molecule has 0 bridgehead atoms. The Kier molecular flexibility index (Phi) is 5.18. The molecule has 19 heavy (non-hydrogen) atoms. The van der Waals surface area contributed by atoms with E-state index in [1.807, 2.05) is 0 Å². The van der Waals surface area contributed by atoms with Gasteiger partial charge in [0.25, 0.3) is 0 Å². The van der Waals surface area contributed by atoms with Crippen molar-refractivity contribution < 1.29 is 9.59 Å². The van der Waals surface area contributed by atoms with Gasteiger partial charge in [-0.15, -0.1) is 0 Å². The maximum Gasteiger partial charge on any atom is 0.133 e. The SMILES string of the molecule is CCC1CC(=O)CCC1CC1CCC(=O)CC1CC. The van der Waals surface area contributed by atoms with E-state index in [9.17, 15) is 9.59 Å². The summed E-state index contributed by atoms with van der Waals surface area (Å²) in [4.78, 5) is 23.2. The van der Waals surface area contributed by atoms with Crippen LogP contribution in [0.5, 0.6) is 0 Å². The number of carbonyl (C=O) groups is 2. The van der Waals surface area contributed by atoms with Crippen LogP contribution in [-0.4, -0.2) is 11.6 Å². The van der Waals surface area contributed by atoms with Gasteiger partial charge in [0.15, 0.2) is 0 Å². The molecular weight excluding hydrogens is 236 g/mol. The predicted molar refractivity (Wildman–Crippen MR) is 76.9 cm³/mol. The molecule has 2 saturated carbocycles. The third-order valence-corrected chi connectivity index (χ3v) is 5.56. The second-order valence-corrected chi connectivity index (χ2v) is 6.66. The zero-order valence-corrected chi connectivity index (χ0v) is 12.5. The molecule has 108 valence electrons. The van der Waals surface area contributed by atoms with Crippen molar-refractivity contribution in [3.05, 3.63) is 0 Å². The van der Waals surface area contributed by atoms with E-state index in [1.54, 1.807) is 0 Å². The summed E-state index contributed by atoms with van der Waals surface area (Å²) in [6, 6.07) is 0. The molecule has 2 nitrogen and oxygen atoms in total. The summed E-state index contributed by atoms with van der Waals surface area (Å²) >= 11 is 0. The molecule has 2 aliphatic carbocycles. The third kappa shape index (κ3) is 3.67. The van der Waals surface area contributed by atoms with Crippen LogP contribution in [0.3, 0.4) is 0 Å². The van der Waals surface area contributed by atoms with Crippen molar-refractivity contribution in [2.45, 2.75) is 71.6 Å². The Morgan fingerprint density at radius 3 is 1.58 bits per heavy atom. The highest BCUT2D eigenvalue weighted by molar-refractivity contribution is 5.80. The van der Waals surface area contributed by atoms with Gasteiger partial charge in [-0.25, -0.2) is 0 Å². The molecule has 0 N–H and O–H groups in total. The first-order chi connectivity index (χ1) is 9.13. The molecule has 0 amide bonds. The number of hydrogen-bond donors (Lipinski definition) is 0. The Morgan fingerprint density at radius 2 is 1.21 bits per heavy atom. The fourth-order valence-corrected chi connectivity index (χ4v) is 4.25. The summed E-state index contributed by atoms with van der Waals surface area (Å²) in [6.45, 7) is 4.44. The quantitative estimate of drug-likeness (QED) is 0.763. The first-order valence-electron chi connectivity index (χ1n) is 8.17. The lowest BCUT2D eigenvalue weighted by molar-refractivity contribution is -0.123. The minimum Gasteiger partial charge on any atom is -0.300 e. The Bertz CT molecular complexity index is 302. The highest BCUT2D eigenvalue weighted by atomic mass is 16.1. The van der Waals surface area contributed by atoms with E-state index in [-0.39, 0.29) is 0 Å². The normalized spacial score (nSPS) is 36.5. The first-order valence-corrected chi connectivity index (χ1v) is 8.17. The van der Waals surface area contributed by atoms with Crippen LogP contribution >= 0.6 is 0 Å². The number of Topliss-reactive ketones (excluding diaryl/α,β-unsaturated/α-hetero) is 2. The minimum atomic E-state index is 0.467. The zero-order chi connectivity index (χ0) is 13.8. The van der Waals surface area contributed by atoms with Crippen LogP contribution < -0.4 is 0 Å². The van der Waals surface area contributed by atoms with Gasteiger partial charge in [0.2, 0.25) is 0 Å². The molecule has 0 aromatic rings. The van der Waals surface area contributed by atoms with E-state index >= 15 is 0 Å². The van der Waals surface area contributed by atoms with Gasteiger partial charge in [0, 0.05) is 25.7 Å². The molecule has 0 aromatic carbocycles. The van der Waals surface area contributed by atoms with Crippen LogP contribution in [0.25, 0.3) is 0 Å². The Morgan fingerprint density at radius 1 is 0.789 bits per heavy atom. The second-order valence-electron chi connectivity index (χ2n) is 6.66. The molecule has 2 aliphatic rings. The van der Waals surface area contributed by atoms with Gasteiger partial charge in [-0.1, -0.05) is 26.7 Å². The van der Waals surface area contributed by atoms with Gasteiger partial charge >= 0.3 is 0 Å². The predicted octanol–water partition coefficient (Wildman–Crippen LogP) is 4.17. The molecule has 2 fully saturated rings. The van der Waals surface area contributed by atoms with Gasteiger partial charge in [-0.2, -0.15) is 0 Å². The lowest BCUT2D eigenvalue weighted by Gasteiger charge is -2.37. The van der Waals surface area contributed by atoms with E-state index in [4.69, 9.17) is 0 Å². The van der Waals surface area contributed by atoms with Crippen LogP contribution in [-0.2, 0) is 9.59 Å². The van der Waals surface area contributed by atoms with E-state index in [0.717, 1.165) is 63.2 Å². The van der Waals surface area contributed by atoms with Crippen molar-refractivity contribution in [3.8, 4) is 0 Å². The molecule has 0 radical (unpaired) electrons. The lowest BCUT2D eigenvalue weighted by atomic mass is 9.67. The largest absolute Gasteiger partial charge is 0.300 e. The molecule has 0 spiro atoms. The highest BCUT2D eigenvalue weighted by Gasteiger charge is 2.34. The summed E-state index contributed by atoms with van der Waals surface area (Å²) < 4.78 is 0. The summed E-state index contributed by atoms with van der Waals surface area (Å²) in [6.07, 6.45) is 8.94. The van der Waals surface area contributed by atoms with E-state index < -0.39 is 0 Å². The van der Waals surface area contributed by atoms with Crippen LogP contribution in [0.2, 0.25) is 0 Å². The van der Waals surface area contributed by atoms with Crippen LogP contribution in [0.1, 0.15) is 71.6 Å². The molecule has 2 rings (SSSR count). The fourth-order valence-electron chi connectivity index (χ4n) is 4.25. The Balaban J connectivity index is 1.95. The van der Waals surface area contributed by atoms with Crippen molar-refractivity contribution in [1.29, 1.82) is 0 Å². The zero-order valence-electron chi connectivity index (χ0n) is 12.5. The molecule has 0 aliphatic heterocycles. The lowest BCUT2D eigenvalue weighted by Crippen LogP contribution is -2.31. The van der Waals surface area contributed by atoms with Gasteiger partial charge in [-0.05, 0) is 42.9 Å². The average molecular weight is 264 g/mol. The number of carbonyl (C=O) groups excluding carboxylic acids is 2. The third-order valence-electron chi connectivity index (χ3n) is 5.56. The summed E-state index contributed by atoms with van der Waals surface area (Å²) in [5.74, 6) is 3.61. The van der Waals surface area contributed by atoms with E-state index in [0.29, 0.717) is 23.4 Å². The molecule has 4 atom stereocenters. The van der Waals surface area contributed by atoms with Crippen LogP contribution in [0, 0.1) is 23.7 Å². The molecule has 4 unspecified atom stereocenters. The van der Waals surface area contributed by atoms with Gasteiger partial charge in [-0.3, -0.25) is 9.59 Å². The van der Waals surface area contributed by atoms with Gasteiger partial charge < -0.3 is 0 Å². The molecular formula is C17H28O2. The summed E-state index contributed by atoms with van der Waals surface area (Å²) in [5.41, 5.74) is 0. The molecule has 0 saturated heterocycles. The first kappa shape index (κ1) is 14.7. The van der Waals surface area contributed by atoms with Gasteiger partial charge in [0.05, 0.1) is 0 Å². The van der Waals surface area contributed by atoms with Crippen molar-refractivity contribution >= 4 is 11.6 Å². The topological polar surface area (TPSA) is 34.1 Å². The second kappa shape index (κ2) is 6.67. The Labute approximate surface area is 117 Å². The maximum absolute atomic E-state index is 11.6. The smallest absolute Gasteiger partial charge is 0.133 e. The van der Waals surface area contributed by atoms with Crippen molar-refractivity contribution in [3.63, 3.8) is 0 Å². The maximum atomic E-state index is 11.6. The van der Waals surface area contributed by atoms with Crippen molar-refractivity contribution in [2.75, 3.05) is 0 Å². The Hall–Kier alpha value is -0.660. The summed E-state index contributed by atoms with van der Waals surface area (Å²) in [7, 11) is 0. The molecule has 0 heterocycles. The van der Waals surface area contributed by atoms with Crippen LogP contribution in [0.4, 0.5) is 0 Å². The highest BCUT2D eigenvalue weighted by Crippen LogP contribution is 2.41. The minimum absolute atomic E-state index is 0.467. The van der Waals surface area contributed by atoms with E-state index in [1.165, 1.54) is 6.42 Å². The number of rotatable bonds is 4. The molecule has 0 aromatic heterocycles. The summed E-state index contributed by atoms with van der Waals surface area (Å²) in [5, 5.41) is 0. The average Bonchev–Trinajstić information content (AvgIpc) is 2.42. The number of ketones is 2. The standard InChI is InChI=1S/C17H28O2/c1-3-12-10-16(18)7-5-14(12)9-15-6-8-17(19)11-13(15)4-2/h12-15H,3-11H2,1-2H3. The fraction of sp³-hybridized carbons (Fsp3) is 0.882. The monoisotopic (exact) mass is 264 g/mol. The number of hydrogen-bond acceptors (Lipinski definition) is 2. The molecule has 2 heteroatoms. The van der Waals surface area contributed by atoms with Gasteiger partial charge in [0.1, 0.15) is 11.6 Å². The van der Waals surface area contributed by atoms with E-state index in [2.05, 4.69) is 13.8 Å².